The number of quaternary nitrogens is 1. The number of nitrogens with zero attached hydrogens (tertiary/aromatic N) is 2. The third kappa shape index (κ3) is 4.72. The van der Waals surface area contributed by atoms with Crippen molar-refractivity contribution < 1.29 is 9.22 Å². The van der Waals surface area contributed by atoms with Gasteiger partial charge in [-0.25, -0.2) is 0 Å². The summed E-state index contributed by atoms with van der Waals surface area (Å²) in [5.41, 5.74) is 4.97. The minimum absolute atomic E-state index is 0.0575. The van der Waals surface area contributed by atoms with Gasteiger partial charge in [0, 0.05) is 35.9 Å². The number of pyridine rings is 1. The lowest BCUT2D eigenvalue weighted by molar-refractivity contribution is -0.984. The summed E-state index contributed by atoms with van der Waals surface area (Å²) < 4.78 is 8.17. The van der Waals surface area contributed by atoms with Gasteiger partial charge >= 0.3 is 0 Å². The fraction of sp³-hybridized carbons (Fsp3) is 0.244. The van der Waals surface area contributed by atoms with Crippen molar-refractivity contribution in [1.29, 1.82) is 0 Å². The highest BCUT2D eigenvalue weighted by Gasteiger charge is 2.55. The first kappa shape index (κ1) is 27.3. The Labute approximate surface area is 260 Å². The number of hydrogen-bond acceptors (Lipinski definition) is 2. The van der Waals surface area contributed by atoms with Crippen LogP contribution in [0.25, 0.3) is 32.4 Å². The van der Waals surface area contributed by atoms with Crippen molar-refractivity contribution in [2.45, 2.75) is 38.1 Å². The fourth-order valence-corrected chi connectivity index (χ4v) is 8.49. The molecule has 5 atom stereocenters. The van der Waals surface area contributed by atoms with Crippen molar-refractivity contribution in [2.75, 3.05) is 13.1 Å². The van der Waals surface area contributed by atoms with Crippen LogP contribution in [0, 0.1) is 11.8 Å². The fourth-order valence-electron chi connectivity index (χ4n) is 8.49. The summed E-state index contributed by atoms with van der Waals surface area (Å²) in [6, 6.07) is 42.0. The van der Waals surface area contributed by atoms with Gasteiger partial charge in [-0.1, -0.05) is 103 Å². The van der Waals surface area contributed by atoms with Gasteiger partial charge < -0.3 is 9.22 Å². The van der Waals surface area contributed by atoms with E-state index in [0.29, 0.717) is 24.5 Å². The summed E-state index contributed by atoms with van der Waals surface area (Å²) in [7, 11) is 0. The lowest BCUT2D eigenvalue weighted by Crippen LogP contribution is -2.67. The number of fused-ring (bicyclic) bond motifs is 6. The summed E-state index contributed by atoms with van der Waals surface area (Å²) in [4.78, 5) is 4.74. The molecule has 0 saturated carbocycles. The number of para-hydroxylation sites is 1. The molecule has 9 rings (SSSR count). The SMILES string of the molecule is C=C[C@@H]1C[N+]2(Cc3c4ccccc4cc4ccccc34)CC[C@H]1C[C@H]2[C@H](OCc1ccccc1)c1ccnc2ccccc12. The normalized spacial score (nSPS) is 23.7. The van der Waals surface area contributed by atoms with Gasteiger partial charge in [0.2, 0.25) is 0 Å². The molecule has 3 saturated heterocycles. The maximum absolute atomic E-state index is 7.15. The number of rotatable bonds is 8. The zero-order chi connectivity index (χ0) is 29.5. The molecular weight excluding hydrogens is 536 g/mol. The Hall–Kier alpha value is -4.31. The topological polar surface area (TPSA) is 22.1 Å². The Morgan fingerprint density at radius 3 is 2.25 bits per heavy atom. The first-order valence-corrected chi connectivity index (χ1v) is 16.1. The molecular formula is C41H39N2O+. The van der Waals surface area contributed by atoms with E-state index < -0.39 is 0 Å². The molecule has 0 N–H and O–H groups in total. The highest BCUT2D eigenvalue weighted by atomic mass is 16.5. The second-order valence-corrected chi connectivity index (χ2v) is 13.0. The van der Waals surface area contributed by atoms with E-state index in [9.17, 15) is 0 Å². The van der Waals surface area contributed by atoms with Crippen LogP contribution >= 0.6 is 0 Å². The molecule has 3 aliphatic rings. The monoisotopic (exact) mass is 575 g/mol. The summed E-state index contributed by atoms with van der Waals surface area (Å²) >= 11 is 0. The second kappa shape index (κ2) is 11.3. The van der Waals surface area contributed by atoms with Gasteiger partial charge in [0.25, 0.3) is 0 Å². The molecule has 0 spiro atoms. The lowest BCUT2D eigenvalue weighted by Gasteiger charge is -2.58. The first-order valence-electron chi connectivity index (χ1n) is 16.1. The van der Waals surface area contributed by atoms with E-state index in [1.807, 2.05) is 6.20 Å². The lowest BCUT2D eigenvalue weighted by atomic mass is 9.70. The van der Waals surface area contributed by atoms with Gasteiger partial charge in [0.1, 0.15) is 18.7 Å². The number of benzene rings is 5. The van der Waals surface area contributed by atoms with Crippen LogP contribution in [0.5, 0.6) is 0 Å². The largest absolute Gasteiger partial charge is 0.363 e. The van der Waals surface area contributed by atoms with Crippen LogP contribution in [0.15, 0.2) is 134 Å². The van der Waals surface area contributed by atoms with Gasteiger partial charge in [0.15, 0.2) is 0 Å². The zero-order valence-electron chi connectivity index (χ0n) is 25.2. The van der Waals surface area contributed by atoms with Crippen LogP contribution in [0.2, 0.25) is 0 Å². The molecule has 2 bridgehead atoms. The predicted octanol–water partition coefficient (Wildman–Crippen LogP) is 9.41. The Bertz CT molecular complexity index is 1910. The summed E-state index contributed by atoms with van der Waals surface area (Å²) in [5.74, 6) is 1.16. The molecule has 3 heteroatoms. The molecule has 0 amide bonds. The number of ether oxygens (including phenoxy) is 1. The molecule has 0 aliphatic carbocycles. The minimum Gasteiger partial charge on any atom is -0.363 e. The summed E-state index contributed by atoms with van der Waals surface area (Å²) in [6.45, 7) is 8.17. The van der Waals surface area contributed by atoms with Crippen LogP contribution in [0.1, 0.15) is 35.6 Å². The summed E-state index contributed by atoms with van der Waals surface area (Å²) in [6.07, 6.45) is 6.53. The predicted molar refractivity (Wildman–Crippen MR) is 181 cm³/mol. The van der Waals surface area contributed by atoms with Gasteiger partial charge in [-0.15, -0.1) is 6.58 Å². The third-order valence-electron chi connectivity index (χ3n) is 10.6. The molecule has 5 aromatic carbocycles. The average molecular weight is 576 g/mol. The van der Waals surface area contributed by atoms with E-state index in [0.717, 1.165) is 36.1 Å². The molecule has 3 aliphatic heterocycles. The molecule has 4 heterocycles. The van der Waals surface area contributed by atoms with E-state index in [-0.39, 0.29) is 6.10 Å². The molecule has 3 fully saturated rings. The van der Waals surface area contributed by atoms with Crippen LogP contribution in [0.4, 0.5) is 0 Å². The molecule has 218 valence electrons. The van der Waals surface area contributed by atoms with Crippen LogP contribution in [0.3, 0.4) is 0 Å². The highest BCUT2D eigenvalue weighted by Crippen LogP contribution is 2.50. The molecule has 1 unspecified atom stereocenters. The standard InChI is InChI=1S/C41H39N2O/c1-2-30-26-43(27-38-34-16-8-6-14-32(34)24-33-15-7-9-17-35(33)38)23-21-31(30)25-40(43)41(44-28-29-12-4-3-5-13-29)37-20-22-42-39-19-11-10-18-36(37)39/h2-20,22,24,30-31,40-41H,1,21,23,25-28H2/q+1/t30-,31+,40+,41-,43?/m1/s1. The Balaban J connectivity index is 1.30. The maximum atomic E-state index is 7.15. The van der Waals surface area contributed by atoms with Gasteiger partial charge in [-0.05, 0) is 56.8 Å². The second-order valence-electron chi connectivity index (χ2n) is 13.0. The highest BCUT2D eigenvalue weighted by molar-refractivity contribution is 6.02. The molecule has 0 radical (unpaired) electrons. The van der Waals surface area contributed by atoms with Crippen LogP contribution in [-0.4, -0.2) is 28.6 Å². The zero-order valence-corrected chi connectivity index (χ0v) is 25.2. The molecule has 6 aromatic rings. The van der Waals surface area contributed by atoms with Gasteiger partial charge in [0.05, 0.1) is 25.2 Å². The maximum Gasteiger partial charge on any atom is 0.135 e. The third-order valence-corrected chi connectivity index (χ3v) is 10.6. The van der Waals surface area contributed by atoms with E-state index in [4.69, 9.17) is 9.72 Å². The van der Waals surface area contributed by atoms with Crippen molar-refractivity contribution >= 4 is 32.4 Å². The van der Waals surface area contributed by atoms with E-state index in [1.54, 1.807) is 0 Å². The number of aromatic nitrogens is 1. The van der Waals surface area contributed by atoms with Crippen molar-refractivity contribution in [2.24, 2.45) is 11.8 Å². The van der Waals surface area contributed by atoms with Crippen LogP contribution in [-0.2, 0) is 17.9 Å². The van der Waals surface area contributed by atoms with E-state index in [2.05, 4.69) is 128 Å². The molecule has 3 nitrogen and oxygen atoms in total. The van der Waals surface area contributed by atoms with Crippen molar-refractivity contribution in [3.8, 4) is 0 Å². The number of hydrogen-bond donors (Lipinski definition) is 0. The number of piperidine rings is 3. The van der Waals surface area contributed by atoms with E-state index in [1.165, 1.54) is 50.0 Å². The quantitative estimate of drug-likeness (QED) is 0.102. The smallest absolute Gasteiger partial charge is 0.135 e. The van der Waals surface area contributed by atoms with Crippen LogP contribution < -0.4 is 0 Å². The van der Waals surface area contributed by atoms with E-state index >= 15 is 0 Å². The Morgan fingerprint density at radius 2 is 1.50 bits per heavy atom. The molecule has 44 heavy (non-hydrogen) atoms. The Kier molecular flexibility index (Phi) is 7.01. The van der Waals surface area contributed by atoms with Gasteiger partial charge in [-0.3, -0.25) is 4.98 Å². The molecule has 1 aromatic heterocycles. The van der Waals surface area contributed by atoms with Crippen molar-refractivity contribution in [3.05, 3.63) is 151 Å². The van der Waals surface area contributed by atoms with Crippen molar-refractivity contribution in [1.82, 2.24) is 4.98 Å². The summed E-state index contributed by atoms with van der Waals surface area (Å²) in [5, 5.41) is 6.58. The average Bonchev–Trinajstić information content (AvgIpc) is 3.09. The first-order chi connectivity index (χ1) is 21.7. The van der Waals surface area contributed by atoms with Gasteiger partial charge in [-0.2, -0.15) is 0 Å². The Morgan fingerprint density at radius 1 is 0.818 bits per heavy atom. The minimum atomic E-state index is -0.0575. The van der Waals surface area contributed by atoms with Crippen molar-refractivity contribution in [3.63, 3.8) is 0 Å².